The Morgan fingerprint density at radius 1 is 1.06 bits per heavy atom. The van der Waals surface area contributed by atoms with Crippen LogP contribution in [-0.2, 0) is 6.42 Å². The summed E-state index contributed by atoms with van der Waals surface area (Å²) in [6.45, 7) is 0. The zero-order chi connectivity index (χ0) is 21.1. The number of aliphatic imine (C=N–C) groups is 1. The highest BCUT2D eigenvalue weighted by atomic mass is 35.5. The SMILES string of the molecule is CNc1ccc2c(cc1=O)[C@@H](N=C(N)N)CCc1cc(OC)c(OC)c(OC)c1-2.Cl.Cl. The van der Waals surface area contributed by atoms with Gasteiger partial charge in [0.15, 0.2) is 17.5 Å². The monoisotopic (exact) mass is 470 g/mol. The Morgan fingerprint density at radius 3 is 2.29 bits per heavy atom. The van der Waals surface area contributed by atoms with E-state index in [2.05, 4.69) is 10.3 Å². The van der Waals surface area contributed by atoms with Crippen LogP contribution < -0.4 is 36.4 Å². The van der Waals surface area contributed by atoms with Crippen molar-refractivity contribution in [1.82, 2.24) is 0 Å². The molecule has 170 valence electrons. The Labute approximate surface area is 193 Å². The van der Waals surface area contributed by atoms with Crippen molar-refractivity contribution < 1.29 is 14.2 Å². The Hall–Kier alpha value is -2.84. The van der Waals surface area contributed by atoms with Crippen molar-refractivity contribution >= 4 is 36.5 Å². The van der Waals surface area contributed by atoms with Crippen LogP contribution in [0.4, 0.5) is 5.69 Å². The highest BCUT2D eigenvalue weighted by Gasteiger charge is 2.29. The molecule has 0 heterocycles. The highest BCUT2D eigenvalue weighted by molar-refractivity contribution is 5.86. The molecule has 0 radical (unpaired) electrons. The van der Waals surface area contributed by atoms with Gasteiger partial charge in [0.05, 0.1) is 33.1 Å². The van der Waals surface area contributed by atoms with Crippen LogP contribution in [0.5, 0.6) is 17.2 Å². The number of halogens is 2. The van der Waals surface area contributed by atoms with E-state index in [9.17, 15) is 4.79 Å². The molecule has 1 aliphatic rings. The fourth-order valence-corrected chi connectivity index (χ4v) is 3.81. The molecule has 2 aromatic rings. The fourth-order valence-electron chi connectivity index (χ4n) is 3.81. The number of methoxy groups -OCH3 is 3. The van der Waals surface area contributed by atoms with E-state index < -0.39 is 0 Å². The predicted molar refractivity (Wildman–Crippen MR) is 129 cm³/mol. The lowest BCUT2D eigenvalue weighted by atomic mass is 9.95. The van der Waals surface area contributed by atoms with E-state index in [1.807, 2.05) is 12.1 Å². The number of hydrogen-bond donors (Lipinski definition) is 3. The molecule has 0 bridgehead atoms. The minimum atomic E-state index is -0.367. The number of ether oxygens (including phenoxy) is 3. The van der Waals surface area contributed by atoms with Gasteiger partial charge in [0.25, 0.3) is 0 Å². The molecule has 2 aromatic carbocycles. The molecular formula is C21H28Cl2N4O4. The number of nitrogens with zero attached hydrogens (tertiary/aromatic N) is 1. The van der Waals surface area contributed by atoms with Crippen LogP contribution in [-0.4, -0.2) is 34.3 Å². The van der Waals surface area contributed by atoms with E-state index in [0.717, 1.165) is 22.3 Å². The first-order valence-electron chi connectivity index (χ1n) is 9.22. The molecule has 5 N–H and O–H groups in total. The van der Waals surface area contributed by atoms with Gasteiger partial charge in [-0.05, 0) is 47.7 Å². The van der Waals surface area contributed by atoms with Gasteiger partial charge in [-0.1, -0.05) is 6.07 Å². The summed E-state index contributed by atoms with van der Waals surface area (Å²) in [5.41, 5.74) is 15.1. The molecule has 0 saturated heterocycles. The Balaban J connectivity index is 0.00000240. The third-order valence-corrected chi connectivity index (χ3v) is 5.08. The molecule has 31 heavy (non-hydrogen) atoms. The van der Waals surface area contributed by atoms with E-state index in [0.29, 0.717) is 35.8 Å². The van der Waals surface area contributed by atoms with Crippen LogP contribution in [0, 0.1) is 0 Å². The molecule has 0 saturated carbocycles. The first-order chi connectivity index (χ1) is 13.9. The zero-order valence-electron chi connectivity index (χ0n) is 17.9. The Kier molecular flexibility index (Phi) is 9.27. The van der Waals surface area contributed by atoms with Crippen molar-refractivity contribution in [2.75, 3.05) is 33.7 Å². The minimum absolute atomic E-state index is 0. The van der Waals surface area contributed by atoms with Gasteiger partial charge in [-0.3, -0.25) is 4.79 Å². The normalized spacial score (nSPS) is 13.7. The van der Waals surface area contributed by atoms with Gasteiger partial charge in [-0.15, -0.1) is 24.8 Å². The second-order valence-corrected chi connectivity index (χ2v) is 6.66. The number of fused-ring (bicyclic) bond motifs is 3. The molecule has 0 amide bonds. The molecule has 0 unspecified atom stereocenters. The largest absolute Gasteiger partial charge is 0.493 e. The van der Waals surface area contributed by atoms with E-state index in [1.165, 1.54) is 0 Å². The van der Waals surface area contributed by atoms with Crippen LogP contribution in [0.2, 0.25) is 0 Å². The number of aryl methyl sites for hydroxylation is 1. The van der Waals surface area contributed by atoms with Gasteiger partial charge < -0.3 is 31.0 Å². The molecule has 0 fully saturated rings. The second kappa shape index (κ2) is 11.0. The average molecular weight is 471 g/mol. The Bertz CT molecular complexity index is 1030. The van der Waals surface area contributed by atoms with Gasteiger partial charge in [-0.25, -0.2) is 4.99 Å². The summed E-state index contributed by atoms with van der Waals surface area (Å²) in [5.74, 6) is 1.58. The summed E-state index contributed by atoms with van der Waals surface area (Å²) in [6, 6.07) is 6.79. The molecule has 0 aromatic heterocycles. The van der Waals surface area contributed by atoms with Crippen molar-refractivity contribution in [3.8, 4) is 28.4 Å². The lowest BCUT2D eigenvalue weighted by Crippen LogP contribution is -2.24. The van der Waals surface area contributed by atoms with Gasteiger partial charge in [-0.2, -0.15) is 0 Å². The third kappa shape index (κ3) is 4.91. The van der Waals surface area contributed by atoms with Crippen LogP contribution in [0.1, 0.15) is 23.6 Å². The number of guanidine groups is 1. The van der Waals surface area contributed by atoms with Crippen molar-refractivity contribution in [2.45, 2.75) is 18.9 Å². The molecule has 8 nitrogen and oxygen atoms in total. The maximum absolute atomic E-state index is 12.7. The lowest BCUT2D eigenvalue weighted by Gasteiger charge is -2.19. The van der Waals surface area contributed by atoms with Crippen molar-refractivity contribution in [3.05, 3.63) is 45.6 Å². The fraction of sp³-hybridized carbons (Fsp3) is 0.333. The molecule has 3 rings (SSSR count). The highest BCUT2D eigenvalue weighted by Crippen LogP contribution is 2.50. The standard InChI is InChI=1S/C21H26N4O4.2ClH/c1-24-15-8-6-12-13(10-16(15)26)14(25-21(22)23)7-5-11-9-17(27-2)19(28-3)20(29-4)18(11)12;;/h6,8-10,14H,5,7H2,1-4H3,(H,24,26)(H4,22,23,25);2*1H/t14-;;/m0../s1. The number of hydrogen-bond acceptors (Lipinski definition) is 6. The van der Waals surface area contributed by atoms with E-state index in [1.54, 1.807) is 40.5 Å². The summed E-state index contributed by atoms with van der Waals surface area (Å²) in [5, 5.41) is 2.93. The number of nitrogens with one attached hydrogen (secondary N) is 1. The molecule has 1 aliphatic carbocycles. The van der Waals surface area contributed by atoms with Gasteiger partial charge in [0.2, 0.25) is 11.2 Å². The van der Waals surface area contributed by atoms with Crippen molar-refractivity contribution in [1.29, 1.82) is 0 Å². The molecule has 1 atom stereocenters. The van der Waals surface area contributed by atoms with Crippen LogP contribution in [0.15, 0.2) is 34.1 Å². The predicted octanol–water partition coefficient (Wildman–Crippen LogP) is 2.89. The van der Waals surface area contributed by atoms with Crippen molar-refractivity contribution in [3.63, 3.8) is 0 Å². The van der Waals surface area contributed by atoms with Crippen molar-refractivity contribution in [2.24, 2.45) is 16.5 Å². The summed E-state index contributed by atoms with van der Waals surface area (Å²) in [7, 11) is 6.43. The third-order valence-electron chi connectivity index (χ3n) is 5.08. The van der Waals surface area contributed by atoms with E-state index >= 15 is 0 Å². The molecule has 0 spiro atoms. The molecular weight excluding hydrogens is 443 g/mol. The van der Waals surface area contributed by atoms with Gasteiger partial charge in [0, 0.05) is 12.6 Å². The van der Waals surface area contributed by atoms with Gasteiger partial charge in [0.1, 0.15) is 0 Å². The molecule has 0 aliphatic heterocycles. The van der Waals surface area contributed by atoms with E-state index in [4.69, 9.17) is 25.7 Å². The number of nitrogens with two attached hydrogens (primary N) is 2. The minimum Gasteiger partial charge on any atom is -0.493 e. The van der Waals surface area contributed by atoms with Crippen LogP contribution in [0.25, 0.3) is 11.1 Å². The zero-order valence-corrected chi connectivity index (χ0v) is 19.5. The second-order valence-electron chi connectivity index (χ2n) is 6.66. The summed E-state index contributed by atoms with van der Waals surface area (Å²) in [6.07, 6.45) is 1.29. The van der Waals surface area contributed by atoms with E-state index in [-0.39, 0.29) is 42.2 Å². The maximum Gasteiger partial charge on any atom is 0.203 e. The Morgan fingerprint density at radius 2 is 1.74 bits per heavy atom. The average Bonchev–Trinajstić information content (AvgIpc) is 2.95. The first kappa shape index (κ1) is 26.2. The summed E-state index contributed by atoms with van der Waals surface area (Å²) in [4.78, 5) is 17.1. The van der Waals surface area contributed by atoms with Crippen LogP contribution >= 0.6 is 24.8 Å². The number of rotatable bonds is 5. The summed E-state index contributed by atoms with van der Waals surface area (Å²) >= 11 is 0. The van der Waals surface area contributed by atoms with Crippen LogP contribution in [0.3, 0.4) is 0 Å². The summed E-state index contributed by atoms with van der Waals surface area (Å²) < 4.78 is 16.8. The van der Waals surface area contributed by atoms with Gasteiger partial charge >= 0.3 is 0 Å². The maximum atomic E-state index is 12.7. The first-order valence-corrected chi connectivity index (χ1v) is 9.22. The lowest BCUT2D eigenvalue weighted by molar-refractivity contribution is 0.324. The quantitative estimate of drug-likeness (QED) is 0.453. The number of benzene rings is 1. The topological polar surface area (TPSA) is 121 Å². The molecule has 10 heteroatoms. The number of anilines is 1. The smallest absolute Gasteiger partial charge is 0.203 e.